The van der Waals surface area contributed by atoms with Crippen LogP contribution in [-0.2, 0) is 4.79 Å². The number of fused-ring (bicyclic) bond motifs is 1. The van der Waals surface area contributed by atoms with E-state index in [2.05, 4.69) is 5.32 Å². The number of carbonyl (C=O) groups excluding carboxylic acids is 2. The molecule has 1 aromatic carbocycles. The first-order valence-electron chi connectivity index (χ1n) is 8.00. The number of carbonyl (C=O) groups is 2. The van der Waals surface area contributed by atoms with Crippen molar-refractivity contribution in [3.8, 4) is 17.6 Å². The van der Waals surface area contributed by atoms with E-state index in [1.807, 2.05) is 6.07 Å². The van der Waals surface area contributed by atoms with Gasteiger partial charge in [-0.15, -0.1) is 0 Å². The predicted octanol–water partition coefficient (Wildman–Crippen LogP) is 1.30. The number of hydrogen-bond acceptors (Lipinski definition) is 5. The maximum Gasteiger partial charge on any atom is 0.251 e. The van der Waals surface area contributed by atoms with Gasteiger partial charge in [0.05, 0.1) is 6.07 Å². The molecule has 0 aromatic heterocycles. The van der Waals surface area contributed by atoms with E-state index in [-0.39, 0.29) is 25.0 Å². The molecule has 1 saturated heterocycles. The van der Waals surface area contributed by atoms with E-state index in [1.54, 1.807) is 23.1 Å². The third-order valence-electron chi connectivity index (χ3n) is 4.38. The summed E-state index contributed by atoms with van der Waals surface area (Å²) in [6, 6.07) is 7.01. The van der Waals surface area contributed by atoms with Crippen molar-refractivity contribution in [1.82, 2.24) is 10.2 Å². The average molecular weight is 329 g/mol. The number of nitrogens with one attached hydrogen (secondary N) is 1. The van der Waals surface area contributed by atoms with Crippen LogP contribution >= 0.6 is 0 Å². The van der Waals surface area contributed by atoms with Crippen LogP contribution in [0.2, 0.25) is 0 Å². The van der Waals surface area contributed by atoms with Gasteiger partial charge in [-0.25, -0.2) is 0 Å². The molecule has 2 aliphatic heterocycles. The van der Waals surface area contributed by atoms with E-state index in [4.69, 9.17) is 14.7 Å². The highest BCUT2D eigenvalue weighted by molar-refractivity contribution is 5.94. The lowest BCUT2D eigenvalue weighted by Crippen LogP contribution is -2.41. The normalized spacial score (nSPS) is 16.5. The van der Waals surface area contributed by atoms with Gasteiger partial charge < -0.3 is 19.7 Å². The first-order chi connectivity index (χ1) is 11.7. The van der Waals surface area contributed by atoms with Gasteiger partial charge in [0.25, 0.3) is 5.91 Å². The van der Waals surface area contributed by atoms with Crippen molar-refractivity contribution in [3.63, 3.8) is 0 Å². The topological polar surface area (TPSA) is 91.7 Å². The van der Waals surface area contributed by atoms with Crippen LogP contribution in [0.25, 0.3) is 0 Å². The van der Waals surface area contributed by atoms with Crippen LogP contribution in [0.3, 0.4) is 0 Å². The van der Waals surface area contributed by atoms with E-state index in [0.717, 1.165) is 12.8 Å². The Morgan fingerprint density at radius 1 is 1.25 bits per heavy atom. The molecule has 1 N–H and O–H groups in total. The largest absolute Gasteiger partial charge is 0.454 e. The van der Waals surface area contributed by atoms with Gasteiger partial charge in [-0.2, -0.15) is 5.26 Å². The molecule has 3 rings (SSSR count). The number of nitrogens with zero attached hydrogens (tertiary/aromatic N) is 2. The fourth-order valence-electron chi connectivity index (χ4n) is 2.94. The van der Waals surface area contributed by atoms with Gasteiger partial charge >= 0.3 is 0 Å². The fourth-order valence-corrected chi connectivity index (χ4v) is 2.94. The average Bonchev–Trinajstić information content (AvgIpc) is 3.08. The van der Waals surface area contributed by atoms with Crippen LogP contribution in [-0.4, -0.2) is 43.1 Å². The molecule has 1 aromatic rings. The summed E-state index contributed by atoms with van der Waals surface area (Å²) in [6.45, 7) is 2.05. The van der Waals surface area contributed by atoms with E-state index in [9.17, 15) is 9.59 Å². The van der Waals surface area contributed by atoms with Gasteiger partial charge in [0.15, 0.2) is 11.5 Å². The minimum atomic E-state index is -0.142. The Hall–Kier alpha value is -2.75. The molecule has 0 spiro atoms. The molecule has 2 amide bonds. The highest BCUT2D eigenvalue weighted by Crippen LogP contribution is 2.32. The zero-order valence-corrected chi connectivity index (χ0v) is 13.3. The lowest BCUT2D eigenvalue weighted by Gasteiger charge is -2.31. The number of rotatable bonds is 4. The predicted molar refractivity (Wildman–Crippen MR) is 84.4 cm³/mol. The molecule has 0 unspecified atom stereocenters. The van der Waals surface area contributed by atoms with Crippen molar-refractivity contribution in [2.45, 2.75) is 19.3 Å². The number of benzene rings is 1. The third-order valence-corrected chi connectivity index (χ3v) is 4.38. The maximum absolute atomic E-state index is 12.2. The molecule has 126 valence electrons. The lowest BCUT2D eigenvalue weighted by atomic mass is 9.96. The summed E-state index contributed by atoms with van der Waals surface area (Å²) in [5, 5.41) is 11.5. The highest BCUT2D eigenvalue weighted by atomic mass is 16.7. The SMILES string of the molecule is N#CCC(=O)N1CCC(CNC(=O)c2ccc3c(c2)OCO3)CC1. The van der Waals surface area contributed by atoms with Crippen molar-refractivity contribution in [2.24, 2.45) is 5.92 Å². The monoisotopic (exact) mass is 329 g/mol. The number of amides is 2. The molecule has 24 heavy (non-hydrogen) atoms. The molecule has 7 nitrogen and oxygen atoms in total. The van der Waals surface area contributed by atoms with Crippen molar-refractivity contribution >= 4 is 11.8 Å². The Morgan fingerprint density at radius 3 is 2.75 bits per heavy atom. The smallest absolute Gasteiger partial charge is 0.251 e. The van der Waals surface area contributed by atoms with Gasteiger partial charge in [-0.1, -0.05) is 0 Å². The molecular formula is C17H19N3O4. The van der Waals surface area contributed by atoms with Crippen LogP contribution in [0.5, 0.6) is 11.5 Å². The Kier molecular flexibility index (Phi) is 4.85. The van der Waals surface area contributed by atoms with Gasteiger partial charge in [0.2, 0.25) is 12.7 Å². The van der Waals surface area contributed by atoms with Crippen molar-refractivity contribution in [1.29, 1.82) is 5.26 Å². The number of piperidine rings is 1. The van der Waals surface area contributed by atoms with E-state index >= 15 is 0 Å². The summed E-state index contributed by atoms with van der Waals surface area (Å²) >= 11 is 0. The molecule has 0 aliphatic carbocycles. The molecular weight excluding hydrogens is 310 g/mol. The second-order valence-corrected chi connectivity index (χ2v) is 5.94. The molecule has 0 bridgehead atoms. The Morgan fingerprint density at radius 2 is 2.00 bits per heavy atom. The summed E-state index contributed by atoms with van der Waals surface area (Å²) < 4.78 is 10.5. The zero-order chi connectivity index (χ0) is 16.9. The summed E-state index contributed by atoms with van der Waals surface area (Å²) in [7, 11) is 0. The van der Waals surface area contributed by atoms with Crippen molar-refractivity contribution < 1.29 is 19.1 Å². The first kappa shape index (κ1) is 16.1. The molecule has 0 radical (unpaired) electrons. The lowest BCUT2D eigenvalue weighted by molar-refractivity contribution is -0.131. The summed E-state index contributed by atoms with van der Waals surface area (Å²) in [6.07, 6.45) is 1.60. The van der Waals surface area contributed by atoms with Gasteiger partial charge in [-0.05, 0) is 37.0 Å². The van der Waals surface area contributed by atoms with Gasteiger partial charge in [-0.3, -0.25) is 9.59 Å². The molecule has 7 heteroatoms. The molecule has 1 fully saturated rings. The minimum Gasteiger partial charge on any atom is -0.454 e. The standard InChI is InChI=1S/C17H19N3O4/c18-6-3-16(21)20-7-4-12(5-8-20)10-19-17(22)13-1-2-14-15(9-13)24-11-23-14/h1-2,9,12H,3-5,7-8,10-11H2,(H,19,22). The number of hydrogen-bond donors (Lipinski definition) is 1. The second kappa shape index (κ2) is 7.21. The van der Waals surface area contributed by atoms with Crippen LogP contribution < -0.4 is 14.8 Å². The van der Waals surface area contributed by atoms with Crippen LogP contribution in [0.4, 0.5) is 0 Å². The Balaban J connectivity index is 1.46. The Labute approximate surface area is 140 Å². The van der Waals surface area contributed by atoms with Crippen molar-refractivity contribution in [3.05, 3.63) is 23.8 Å². The summed E-state index contributed by atoms with van der Waals surface area (Å²) in [5.74, 6) is 1.33. The quantitative estimate of drug-likeness (QED) is 0.899. The van der Waals surface area contributed by atoms with Gasteiger partial charge in [0, 0.05) is 25.2 Å². The minimum absolute atomic E-state index is 0.0640. The van der Waals surface area contributed by atoms with E-state index < -0.39 is 0 Å². The van der Waals surface area contributed by atoms with Gasteiger partial charge in [0.1, 0.15) is 6.42 Å². The molecule has 2 aliphatic rings. The number of nitriles is 1. The fraction of sp³-hybridized carbons (Fsp3) is 0.471. The Bertz CT molecular complexity index is 675. The zero-order valence-electron chi connectivity index (χ0n) is 13.3. The van der Waals surface area contributed by atoms with Crippen LogP contribution in [0, 0.1) is 17.2 Å². The summed E-state index contributed by atoms with van der Waals surface area (Å²) in [4.78, 5) is 25.6. The highest BCUT2D eigenvalue weighted by Gasteiger charge is 2.23. The molecule has 0 atom stereocenters. The van der Waals surface area contributed by atoms with E-state index in [1.165, 1.54) is 0 Å². The first-order valence-corrected chi connectivity index (χ1v) is 8.00. The second-order valence-electron chi connectivity index (χ2n) is 5.94. The molecule has 0 saturated carbocycles. The van der Waals surface area contributed by atoms with Crippen LogP contribution in [0.15, 0.2) is 18.2 Å². The maximum atomic E-state index is 12.2. The number of ether oxygens (including phenoxy) is 2. The van der Waals surface area contributed by atoms with Crippen LogP contribution in [0.1, 0.15) is 29.6 Å². The number of likely N-dealkylation sites (tertiary alicyclic amines) is 1. The summed E-state index contributed by atoms with van der Waals surface area (Å²) in [5.41, 5.74) is 0.542. The molecule has 2 heterocycles. The third kappa shape index (κ3) is 3.59. The van der Waals surface area contributed by atoms with E-state index in [0.29, 0.717) is 42.6 Å². The van der Waals surface area contributed by atoms with Crippen molar-refractivity contribution in [2.75, 3.05) is 26.4 Å².